The third-order valence-corrected chi connectivity index (χ3v) is 7.05. The molecular formula is C27H32F3NO. The van der Waals surface area contributed by atoms with E-state index in [4.69, 9.17) is 0 Å². The number of piperidine rings is 1. The normalized spacial score (nSPS) is 20.2. The predicted octanol–water partition coefficient (Wildman–Crippen LogP) is 6.86. The summed E-state index contributed by atoms with van der Waals surface area (Å²) in [6.45, 7) is 2.62. The zero-order valence-electron chi connectivity index (χ0n) is 18.7. The second-order valence-corrected chi connectivity index (χ2v) is 9.54. The van der Waals surface area contributed by atoms with E-state index in [1.165, 1.54) is 30.9 Å². The van der Waals surface area contributed by atoms with Crippen LogP contribution in [0.1, 0.15) is 83.5 Å². The zero-order chi connectivity index (χ0) is 22.7. The molecule has 32 heavy (non-hydrogen) atoms. The molecule has 0 aromatic heterocycles. The summed E-state index contributed by atoms with van der Waals surface area (Å²) in [5.74, 6) is 0.625. The summed E-state index contributed by atoms with van der Waals surface area (Å²) in [7, 11) is 0. The Morgan fingerprint density at radius 3 is 2.44 bits per heavy atom. The van der Waals surface area contributed by atoms with Crippen LogP contribution in [0.25, 0.3) is 0 Å². The van der Waals surface area contributed by atoms with E-state index in [0.717, 1.165) is 55.8 Å². The van der Waals surface area contributed by atoms with Gasteiger partial charge in [0.05, 0.1) is 5.56 Å². The molecule has 2 fully saturated rings. The smallest absolute Gasteiger partial charge is 0.313 e. The molecule has 0 spiro atoms. The number of nitrogens with one attached hydrogen (secondary N) is 1. The number of halogens is 3. The quantitative estimate of drug-likeness (QED) is 0.452. The standard InChI is InChI=1S/C27H32F3NO/c1-18-5-14-22(27(28,29)30)16-23(18)26(32)17-24(25-4-2-3-15-31-25)21-12-10-20(11-13-21)9-8-19-6-7-19/h5,10-14,16,19,24-25,31H,2-4,6-9,15,17H2,1H3/t24-,25?/m0/s1. The van der Waals surface area contributed by atoms with E-state index < -0.39 is 11.7 Å². The highest BCUT2D eigenvalue weighted by Crippen LogP contribution is 2.35. The molecule has 0 amide bonds. The molecule has 2 aliphatic rings. The van der Waals surface area contributed by atoms with Crippen molar-refractivity contribution in [2.75, 3.05) is 6.54 Å². The molecule has 172 valence electrons. The lowest BCUT2D eigenvalue weighted by molar-refractivity contribution is -0.137. The van der Waals surface area contributed by atoms with Crippen molar-refractivity contribution in [1.82, 2.24) is 5.32 Å². The number of Topliss-reactive ketones (excluding diaryl/α,β-unsaturated/α-hetero) is 1. The molecular weight excluding hydrogens is 411 g/mol. The van der Waals surface area contributed by atoms with Crippen LogP contribution in [-0.4, -0.2) is 18.4 Å². The van der Waals surface area contributed by atoms with Crippen molar-refractivity contribution < 1.29 is 18.0 Å². The van der Waals surface area contributed by atoms with Gasteiger partial charge >= 0.3 is 6.18 Å². The van der Waals surface area contributed by atoms with Crippen LogP contribution in [0.4, 0.5) is 13.2 Å². The minimum atomic E-state index is -4.46. The van der Waals surface area contributed by atoms with Gasteiger partial charge in [-0.1, -0.05) is 49.6 Å². The van der Waals surface area contributed by atoms with Crippen LogP contribution in [0.3, 0.4) is 0 Å². The molecule has 4 rings (SSSR count). The van der Waals surface area contributed by atoms with Crippen LogP contribution in [0.15, 0.2) is 42.5 Å². The van der Waals surface area contributed by atoms with E-state index in [-0.39, 0.29) is 29.7 Å². The van der Waals surface area contributed by atoms with Gasteiger partial charge < -0.3 is 5.32 Å². The maximum Gasteiger partial charge on any atom is 0.416 e. The first-order valence-electron chi connectivity index (χ1n) is 11.8. The lowest BCUT2D eigenvalue weighted by atomic mass is 9.81. The molecule has 1 unspecified atom stereocenters. The Morgan fingerprint density at radius 2 is 1.81 bits per heavy atom. The molecule has 0 radical (unpaired) electrons. The largest absolute Gasteiger partial charge is 0.416 e. The van der Waals surface area contributed by atoms with Gasteiger partial charge in [0.25, 0.3) is 0 Å². The molecule has 0 bridgehead atoms. The van der Waals surface area contributed by atoms with Gasteiger partial charge in [0.15, 0.2) is 5.78 Å². The number of alkyl halides is 3. The topological polar surface area (TPSA) is 29.1 Å². The lowest BCUT2D eigenvalue weighted by Crippen LogP contribution is -2.39. The number of hydrogen-bond donors (Lipinski definition) is 1. The average molecular weight is 444 g/mol. The molecule has 1 aliphatic heterocycles. The van der Waals surface area contributed by atoms with Crippen molar-refractivity contribution >= 4 is 5.78 Å². The van der Waals surface area contributed by atoms with Crippen LogP contribution in [0.5, 0.6) is 0 Å². The van der Waals surface area contributed by atoms with E-state index in [2.05, 4.69) is 29.6 Å². The van der Waals surface area contributed by atoms with Crippen LogP contribution >= 0.6 is 0 Å². The van der Waals surface area contributed by atoms with Crippen molar-refractivity contribution in [3.63, 3.8) is 0 Å². The van der Waals surface area contributed by atoms with Crippen molar-refractivity contribution in [2.45, 2.75) is 76.4 Å². The van der Waals surface area contributed by atoms with Crippen molar-refractivity contribution in [2.24, 2.45) is 5.92 Å². The lowest BCUT2D eigenvalue weighted by Gasteiger charge is -2.32. The molecule has 1 N–H and O–H groups in total. The highest BCUT2D eigenvalue weighted by Gasteiger charge is 2.33. The Hall–Kier alpha value is -2.14. The number of carbonyl (C=O) groups is 1. The highest BCUT2D eigenvalue weighted by atomic mass is 19.4. The van der Waals surface area contributed by atoms with Crippen molar-refractivity contribution in [1.29, 1.82) is 0 Å². The molecule has 2 aromatic rings. The Labute approximate surface area is 188 Å². The second-order valence-electron chi connectivity index (χ2n) is 9.54. The summed E-state index contributed by atoms with van der Waals surface area (Å²) >= 11 is 0. The molecule has 2 nitrogen and oxygen atoms in total. The van der Waals surface area contributed by atoms with E-state index in [1.54, 1.807) is 6.92 Å². The van der Waals surface area contributed by atoms with Crippen LogP contribution in [0.2, 0.25) is 0 Å². The van der Waals surface area contributed by atoms with Gasteiger partial charge in [-0.2, -0.15) is 13.2 Å². The first kappa shape index (κ1) is 23.0. The van der Waals surface area contributed by atoms with Gasteiger partial charge in [0.2, 0.25) is 0 Å². The maximum atomic E-state index is 13.2. The predicted molar refractivity (Wildman–Crippen MR) is 121 cm³/mol. The molecule has 1 saturated carbocycles. The zero-order valence-corrected chi connectivity index (χ0v) is 18.7. The van der Waals surface area contributed by atoms with Gasteiger partial charge in [-0.05, 0) is 73.9 Å². The summed E-state index contributed by atoms with van der Waals surface area (Å²) in [5.41, 5.74) is 2.42. The average Bonchev–Trinajstić information content (AvgIpc) is 3.61. The number of aryl methyl sites for hydroxylation is 2. The van der Waals surface area contributed by atoms with Gasteiger partial charge in [-0.15, -0.1) is 0 Å². The van der Waals surface area contributed by atoms with Crippen LogP contribution in [0, 0.1) is 12.8 Å². The van der Waals surface area contributed by atoms with E-state index in [0.29, 0.717) is 5.56 Å². The number of ketones is 1. The minimum absolute atomic E-state index is 0.0470. The molecule has 2 aromatic carbocycles. The number of benzene rings is 2. The maximum absolute atomic E-state index is 13.2. The monoisotopic (exact) mass is 443 g/mol. The number of hydrogen-bond acceptors (Lipinski definition) is 2. The first-order valence-corrected chi connectivity index (χ1v) is 11.8. The SMILES string of the molecule is Cc1ccc(C(F)(F)F)cc1C(=O)C[C@@H](c1ccc(CCC2CC2)cc1)C1CCCCN1. The van der Waals surface area contributed by atoms with E-state index >= 15 is 0 Å². The van der Waals surface area contributed by atoms with Gasteiger partial charge in [0.1, 0.15) is 0 Å². The Kier molecular flexibility index (Phi) is 7.04. The van der Waals surface area contributed by atoms with Gasteiger partial charge in [0, 0.05) is 23.9 Å². The number of carbonyl (C=O) groups excluding carboxylic acids is 1. The van der Waals surface area contributed by atoms with Gasteiger partial charge in [-0.3, -0.25) is 4.79 Å². The first-order chi connectivity index (χ1) is 15.3. The van der Waals surface area contributed by atoms with Crippen molar-refractivity contribution in [3.8, 4) is 0 Å². The molecule has 1 saturated heterocycles. The third-order valence-electron chi connectivity index (χ3n) is 7.05. The van der Waals surface area contributed by atoms with Gasteiger partial charge in [-0.25, -0.2) is 0 Å². The molecule has 5 heteroatoms. The molecule has 1 aliphatic carbocycles. The van der Waals surface area contributed by atoms with Crippen molar-refractivity contribution in [3.05, 3.63) is 70.3 Å². The summed E-state index contributed by atoms with van der Waals surface area (Å²) < 4.78 is 39.6. The molecule has 1 heterocycles. The highest BCUT2D eigenvalue weighted by molar-refractivity contribution is 5.98. The van der Waals surface area contributed by atoms with Crippen LogP contribution in [-0.2, 0) is 12.6 Å². The summed E-state index contributed by atoms with van der Waals surface area (Å²) in [5, 5.41) is 3.56. The minimum Gasteiger partial charge on any atom is -0.313 e. The summed E-state index contributed by atoms with van der Waals surface area (Å²) in [4.78, 5) is 13.2. The molecule has 2 atom stereocenters. The Balaban J connectivity index is 1.55. The number of rotatable bonds is 8. The second kappa shape index (κ2) is 9.78. The van der Waals surface area contributed by atoms with E-state index in [1.807, 2.05) is 0 Å². The summed E-state index contributed by atoms with van der Waals surface area (Å²) in [6, 6.07) is 12.2. The fourth-order valence-corrected chi connectivity index (χ4v) is 4.83. The van der Waals surface area contributed by atoms with Crippen LogP contribution < -0.4 is 5.32 Å². The Bertz CT molecular complexity index is 925. The van der Waals surface area contributed by atoms with E-state index in [9.17, 15) is 18.0 Å². The third kappa shape index (κ3) is 5.80. The fraction of sp³-hybridized carbons (Fsp3) is 0.519. The summed E-state index contributed by atoms with van der Waals surface area (Å²) in [6.07, 6.45) is 3.97. The fourth-order valence-electron chi connectivity index (χ4n) is 4.83. The Morgan fingerprint density at radius 1 is 1.06 bits per heavy atom.